The molecular formula is C29H24N2O7S. The Morgan fingerprint density at radius 1 is 1.03 bits per heavy atom. The molecule has 0 spiro atoms. The minimum atomic E-state index is -0.920. The number of methoxy groups -OCH3 is 1. The molecular weight excluding hydrogens is 520 g/mol. The second kappa shape index (κ2) is 9.95. The van der Waals surface area contributed by atoms with Gasteiger partial charge in [0.2, 0.25) is 0 Å². The molecule has 4 aromatic rings. The standard InChI is InChI=1S/C29H24N2O7S/c1-3-36-18-7-4-16(5-8-18)25-24(26(32)17-6-11-21-22(14-17)38-13-12-37-21)27(33)28(34)31(25)29-30-20-10-9-19(35-2)15-23(20)39-29/h4-11,14-15,25,32H,3,12-13H2,1-2H3/b26-24-. The summed E-state index contributed by atoms with van der Waals surface area (Å²) in [6, 6.07) is 16.5. The highest BCUT2D eigenvalue weighted by Crippen LogP contribution is 2.45. The van der Waals surface area contributed by atoms with E-state index in [0.29, 0.717) is 64.6 Å². The van der Waals surface area contributed by atoms with Crippen molar-refractivity contribution in [2.45, 2.75) is 13.0 Å². The van der Waals surface area contributed by atoms with E-state index < -0.39 is 17.7 Å². The van der Waals surface area contributed by atoms with E-state index in [9.17, 15) is 14.7 Å². The zero-order chi connectivity index (χ0) is 27.1. The fourth-order valence-corrected chi connectivity index (χ4v) is 5.75. The van der Waals surface area contributed by atoms with E-state index in [-0.39, 0.29) is 11.3 Å². The number of ketones is 1. The Morgan fingerprint density at radius 2 is 1.77 bits per heavy atom. The van der Waals surface area contributed by atoms with Gasteiger partial charge in [-0.25, -0.2) is 4.98 Å². The number of ether oxygens (including phenoxy) is 4. The highest BCUT2D eigenvalue weighted by molar-refractivity contribution is 7.22. The first-order valence-corrected chi connectivity index (χ1v) is 13.2. The van der Waals surface area contributed by atoms with E-state index in [1.165, 1.54) is 16.2 Å². The van der Waals surface area contributed by atoms with Gasteiger partial charge < -0.3 is 24.1 Å². The predicted octanol–water partition coefficient (Wildman–Crippen LogP) is 5.10. The molecule has 2 aliphatic rings. The summed E-state index contributed by atoms with van der Waals surface area (Å²) < 4.78 is 22.9. The summed E-state index contributed by atoms with van der Waals surface area (Å²) in [6.07, 6.45) is 0. The van der Waals surface area contributed by atoms with E-state index in [1.54, 1.807) is 61.7 Å². The second-order valence-electron chi connectivity index (χ2n) is 8.86. The number of aromatic nitrogens is 1. The van der Waals surface area contributed by atoms with Gasteiger partial charge in [0.15, 0.2) is 16.6 Å². The van der Waals surface area contributed by atoms with Gasteiger partial charge >= 0.3 is 5.91 Å². The van der Waals surface area contributed by atoms with Crippen molar-refractivity contribution in [2.24, 2.45) is 0 Å². The summed E-state index contributed by atoms with van der Waals surface area (Å²) in [5.74, 6) is 0.411. The molecule has 3 heterocycles. The lowest BCUT2D eigenvalue weighted by Crippen LogP contribution is -2.29. The number of anilines is 1. The Balaban J connectivity index is 1.51. The van der Waals surface area contributed by atoms with Crippen molar-refractivity contribution in [3.8, 4) is 23.0 Å². The molecule has 0 bridgehead atoms. The van der Waals surface area contributed by atoms with E-state index in [0.717, 1.165) is 4.70 Å². The minimum Gasteiger partial charge on any atom is -0.507 e. The zero-order valence-corrected chi connectivity index (χ0v) is 22.0. The third kappa shape index (κ3) is 4.32. The summed E-state index contributed by atoms with van der Waals surface area (Å²) in [5, 5.41) is 11.8. The number of aliphatic hydroxyl groups is 1. The van der Waals surface area contributed by atoms with Gasteiger partial charge in [-0.3, -0.25) is 14.5 Å². The van der Waals surface area contributed by atoms with E-state index in [2.05, 4.69) is 4.98 Å². The quantitative estimate of drug-likeness (QED) is 0.203. The van der Waals surface area contributed by atoms with Crippen LogP contribution in [-0.2, 0) is 9.59 Å². The number of amides is 1. The van der Waals surface area contributed by atoms with Gasteiger partial charge in [-0.1, -0.05) is 23.5 Å². The van der Waals surface area contributed by atoms with Crippen molar-refractivity contribution < 1.29 is 33.6 Å². The maximum atomic E-state index is 13.5. The van der Waals surface area contributed by atoms with Gasteiger partial charge in [-0.15, -0.1) is 0 Å². The molecule has 0 radical (unpaired) electrons. The minimum absolute atomic E-state index is 0.0438. The van der Waals surface area contributed by atoms with Gasteiger partial charge in [-0.2, -0.15) is 0 Å². The van der Waals surface area contributed by atoms with Crippen LogP contribution in [0.5, 0.6) is 23.0 Å². The van der Waals surface area contributed by atoms with Crippen LogP contribution >= 0.6 is 11.3 Å². The largest absolute Gasteiger partial charge is 0.507 e. The topological polar surface area (TPSA) is 107 Å². The summed E-state index contributed by atoms with van der Waals surface area (Å²) in [6.45, 7) is 3.18. The highest BCUT2D eigenvalue weighted by Gasteiger charge is 2.48. The molecule has 0 aliphatic carbocycles. The number of fused-ring (bicyclic) bond motifs is 2. The van der Waals surface area contributed by atoms with Gasteiger partial charge in [0.25, 0.3) is 5.78 Å². The maximum absolute atomic E-state index is 13.5. The maximum Gasteiger partial charge on any atom is 0.301 e. The molecule has 1 amide bonds. The smallest absolute Gasteiger partial charge is 0.301 e. The number of Topliss-reactive ketones (excluding diaryl/α,β-unsaturated/α-hetero) is 1. The number of carbonyl (C=O) groups excluding carboxylic acids is 2. The lowest BCUT2D eigenvalue weighted by molar-refractivity contribution is -0.132. The van der Waals surface area contributed by atoms with Crippen molar-refractivity contribution in [2.75, 3.05) is 31.8 Å². The van der Waals surface area contributed by atoms with Crippen LogP contribution in [0.3, 0.4) is 0 Å². The predicted molar refractivity (Wildman–Crippen MR) is 146 cm³/mol. The second-order valence-corrected chi connectivity index (χ2v) is 9.87. The number of thiazole rings is 1. The molecule has 6 rings (SSSR count). The molecule has 39 heavy (non-hydrogen) atoms. The average Bonchev–Trinajstić information content (AvgIpc) is 3.50. The molecule has 1 fully saturated rings. The monoisotopic (exact) mass is 544 g/mol. The number of rotatable bonds is 6. The summed E-state index contributed by atoms with van der Waals surface area (Å²) >= 11 is 1.26. The van der Waals surface area contributed by atoms with Gasteiger partial charge in [0.05, 0.1) is 35.5 Å². The first-order chi connectivity index (χ1) is 19.0. The van der Waals surface area contributed by atoms with Crippen LogP contribution in [0.2, 0.25) is 0 Å². The third-order valence-corrected chi connectivity index (χ3v) is 7.57. The molecule has 1 N–H and O–H groups in total. The number of nitrogens with zero attached hydrogens (tertiary/aromatic N) is 2. The van der Waals surface area contributed by atoms with Crippen molar-refractivity contribution in [1.82, 2.24) is 4.98 Å². The van der Waals surface area contributed by atoms with Gasteiger partial charge in [0.1, 0.15) is 30.5 Å². The molecule has 10 heteroatoms. The number of hydrogen-bond donors (Lipinski definition) is 1. The first kappa shape index (κ1) is 24.7. The molecule has 1 atom stereocenters. The van der Waals surface area contributed by atoms with Crippen molar-refractivity contribution in [3.63, 3.8) is 0 Å². The number of hydrogen-bond acceptors (Lipinski definition) is 9. The molecule has 1 saturated heterocycles. The van der Waals surface area contributed by atoms with E-state index >= 15 is 0 Å². The first-order valence-electron chi connectivity index (χ1n) is 12.4. The van der Waals surface area contributed by atoms with Crippen molar-refractivity contribution in [3.05, 3.63) is 77.4 Å². The number of aliphatic hydroxyl groups excluding tert-OH is 1. The molecule has 2 aliphatic heterocycles. The molecule has 198 valence electrons. The summed E-state index contributed by atoms with van der Waals surface area (Å²) in [7, 11) is 1.57. The zero-order valence-electron chi connectivity index (χ0n) is 21.2. The normalized spacial score (nSPS) is 18.0. The summed E-state index contributed by atoms with van der Waals surface area (Å²) in [4.78, 5) is 33.1. The van der Waals surface area contributed by atoms with Gasteiger partial charge in [0, 0.05) is 5.56 Å². The molecule has 3 aromatic carbocycles. The van der Waals surface area contributed by atoms with Crippen LogP contribution in [0, 0.1) is 0 Å². The Morgan fingerprint density at radius 3 is 2.51 bits per heavy atom. The Hall–Kier alpha value is -4.57. The van der Waals surface area contributed by atoms with E-state index in [1.807, 2.05) is 13.0 Å². The molecule has 0 saturated carbocycles. The SMILES string of the molecule is CCOc1ccc(C2/C(=C(/O)c3ccc4c(c3)OCCO4)C(=O)C(=O)N2c2nc3ccc(OC)cc3s2)cc1. The van der Waals surface area contributed by atoms with Crippen LogP contribution in [0.25, 0.3) is 16.0 Å². The Labute approximate surface area is 227 Å². The summed E-state index contributed by atoms with van der Waals surface area (Å²) in [5.41, 5.74) is 1.57. The lowest BCUT2D eigenvalue weighted by atomic mass is 9.95. The van der Waals surface area contributed by atoms with E-state index in [4.69, 9.17) is 18.9 Å². The molecule has 9 nitrogen and oxygen atoms in total. The van der Waals surface area contributed by atoms with Crippen molar-refractivity contribution in [1.29, 1.82) is 0 Å². The molecule has 1 unspecified atom stereocenters. The lowest BCUT2D eigenvalue weighted by Gasteiger charge is -2.23. The highest BCUT2D eigenvalue weighted by atomic mass is 32.1. The fourth-order valence-electron chi connectivity index (χ4n) is 4.73. The van der Waals surface area contributed by atoms with Crippen molar-refractivity contribution >= 4 is 44.1 Å². The van der Waals surface area contributed by atoms with Crippen LogP contribution < -0.4 is 23.8 Å². The van der Waals surface area contributed by atoms with Crippen LogP contribution in [0.1, 0.15) is 24.1 Å². The number of carbonyl (C=O) groups is 2. The Kier molecular flexibility index (Phi) is 6.32. The van der Waals surface area contributed by atoms with Crippen LogP contribution in [0.15, 0.2) is 66.2 Å². The fraction of sp³-hybridized carbons (Fsp3) is 0.207. The average molecular weight is 545 g/mol. The molecule has 1 aromatic heterocycles. The number of benzene rings is 3. The van der Waals surface area contributed by atoms with Crippen LogP contribution in [-0.4, -0.2) is 48.7 Å². The third-order valence-electron chi connectivity index (χ3n) is 6.56. The van der Waals surface area contributed by atoms with Gasteiger partial charge in [-0.05, 0) is 61.0 Å². The Bertz CT molecular complexity index is 1630. The van der Waals surface area contributed by atoms with Crippen LogP contribution in [0.4, 0.5) is 5.13 Å².